The number of hydrogen-bond donors (Lipinski definition) is 1. The van der Waals surface area contributed by atoms with Crippen LogP contribution in [-0.4, -0.2) is 4.98 Å². The van der Waals surface area contributed by atoms with E-state index in [2.05, 4.69) is 18.8 Å². The Balaban J connectivity index is 3.12. The summed E-state index contributed by atoms with van der Waals surface area (Å²) in [7, 11) is 0. The molecule has 2 nitrogen and oxygen atoms in total. The topological polar surface area (TPSA) is 39.6 Å². The SMILES string of the molecule is CCC(C)c1ccc(C#N)c(=S)[nH]1. The molecule has 1 aromatic heterocycles. The Hall–Kier alpha value is -1.14. The van der Waals surface area contributed by atoms with Crippen LogP contribution in [0.2, 0.25) is 0 Å². The first-order chi connectivity index (χ1) is 6.19. The van der Waals surface area contributed by atoms with Crippen molar-refractivity contribution in [1.82, 2.24) is 4.98 Å². The first-order valence-corrected chi connectivity index (χ1v) is 4.73. The van der Waals surface area contributed by atoms with Crippen LogP contribution in [0.25, 0.3) is 0 Å². The minimum atomic E-state index is 0.467. The molecule has 0 saturated carbocycles. The molecule has 1 atom stereocenters. The maximum atomic E-state index is 8.67. The summed E-state index contributed by atoms with van der Waals surface area (Å²) in [5.41, 5.74) is 1.65. The first-order valence-electron chi connectivity index (χ1n) is 4.32. The lowest BCUT2D eigenvalue weighted by Gasteiger charge is -2.08. The molecule has 1 N–H and O–H groups in total. The third kappa shape index (κ3) is 2.16. The highest BCUT2D eigenvalue weighted by Crippen LogP contribution is 2.16. The Bertz CT molecular complexity index is 387. The average molecular weight is 192 g/mol. The minimum absolute atomic E-state index is 0.467. The minimum Gasteiger partial charge on any atom is -0.349 e. The molecule has 1 heterocycles. The maximum absolute atomic E-state index is 8.67. The number of hydrogen-bond acceptors (Lipinski definition) is 2. The molecule has 13 heavy (non-hydrogen) atoms. The van der Waals surface area contributed by atoms with Crippen LogP contribution in [0.1, 0.15) is 37.4 Å². The number of aromatic amines is 1. The van der Waals surface area contributed by atoms with Crippen LogP contribution in [-0.2, 0) is 0 Å². The number of pyridine rings is 1. The summed E-state index contributed by atoms with van der Waals surface area (Å²) in [5.74, 6) is 0.467. The summed E-state index contributed by atoms with van der Waals surface area (Å²) in [4.78, 5) is 3.07. The van der Waals surface area contributed by atoms with Crippen molar-refractivity contribution >= 4 is 12.2 Å². The summed E-state index contributed by atoms with van der Waals surface area (Å²) < 4.78 is 0.542. The molecule has 1 aromatic rings. The van der Waals surface area contributed by atoms with Crippen molar-refractivity contribution in [2.45, 2.75) is 26.2 Å². The Morgan fingerprint density at radius 1 is 1.62 bits per heavy atom. The highest BCUT2D eigenvalue weighted by atomic mass is 32.1. The van der Waals surface area contributed by atoms with Gasteiger partial charge in [-0.3, -0.25) is 0 Å². The number of rotatable bonds is 2. The van der Waals surface area contributed by atoms with Gasteiger partial charge in [0.2, 0.25) is 0 Å². The van der Waals surface area contributed by atoms with Crippen LogP contribution in [0.3, 0.4) is 0 Å². The summed E-state index contributed by atoms with van der Waals surface area (Å²) in [5, 5.41) is 8.67. The van der Waals surface area contributed by atoms with Crippen LogP contribution in [0.15, 0.2) is 12.1 Å². The number of nitriles is 1. The van der Waals surface area contributed by atoms with Gasteiger partial charge in [0, 0.05) is 5.69 Å². The highest BCUT2D eigenvalue weighted by Gasteiger charge is 2.03. The molecular weight excluding hydrogens is 180 g/mol. The Morgan fingerprint density at radius 2 is 2.31 bits per heavy atom. The Morgan fingerprint density at radius 3 is 2.77 bits per heavy atom. The molecule has 0 fully saturated rings. The Kier molecular flexibility index (Phi) is 3.21. The standard InChI is InChI=1S/C10H12N2S/c1-3-7(2)9-5-4-8(6-11)10(13)12-9/h4-5,7H,3H2,1-2H3,(H,12,13). The maximum Gasteiger partial charge on any atom is 0.121 e. The lowest BCUT2D eigenvalue weighted by Crippen LogP contribution is -1.96. The van der Waals surface area contributed by atoms with Crippen LogP contribution < -0.4 is 0 Å². The van der Waals surface area contributed by atoms with Gasteiger partial charge in [0.25, 0.3) is 0 Å². The molecule has 0 radical (unpaired) electrons. The predicted octanol–water partition coefficient (Wildman–Crippen LogP) is 3.13. The summed E-state index contributed by atoms with van der Waals surface area (Å²) in [6, 6.07) is 5.76. The van der Waals surface area contributed by atoms with E-state index in [4.69, 9.17) is 17.5 Å². The third-order valence-corrected chi connectivity index (χ3v) is 2.52. The molecule has 1 rings (SSSR count). The van der Waals surface area contributed by atoms with Gasteiger partial charge in [-0.1, -0.05) is 26.1 Å². The molecular formula is C10H12N2S. The second-order valence-corrected chi connectivity index (χ2v) is 3.49. The van der Waals surface area contributed by atoms with Gasteiger partial charge >= 0.3 is 0 Å². The van der Waals surface area contributed by atoms with E-state index in [9.17, 15) is 0 Å². The van der Waals surface area contributed by atoms with E-state index in [0.29, 0.717) is 16.1 Å². The van der Waals surface area contributed by atoms with Crippen molar-refractivity contribution in [2.24, 2.45) is 0 Å². The second kappa shape index (κ2) is 4.20. The average Bonchev–Trinajstić information content (AvgIpc) is 2.16. The van der Waals surface area contributed by atoms with E-state index in [0.717, 1.165) is 12.1 Å². The van der Waals surface area contributed by atoms with Gasteiger partial charge in [0.05, 0.1) is 5.56 Å². The zero-order valence-corrected chi connectivity index (χ0v) is 8.61. The molecule has 0 aliphatic rings. The molecule has 0 bridgehead atoms. The molecule has 1 unspecified atom stereocenters. The smallest absolute Gasteiger partial charge is 0.121 e. The lowest BCUT2D eigenvalue weighted by atomic mass is 10.0. The van der Waals surface area contributed by atoms with Gasteiger partial charge in [0.1, 0.15) is 10.7 Å². The van der Waals surface area contributed by atoms with Crippen LogP contribution in [0, 0.1) is 16.0 Å². The van der Waals surface area contributed by atoms with E-state index < -0.39 is 0 Å². The zero-order chi connectivity index (χ0) is 9.84. The quantitative estimate of drug-likeness (QED) is 0.731. The number of nitrogens with one attached hydrogen (secondary N) is 1. The number of aromatic nitrogens is 1. The first kappa shape index (κ1) is 9.94. The van der Waals surface area contributed by atoms with Gasteiger partial charge in [-0.15, -0.1) is 0 Å². The van der Waals surface area contributed by atoms with Crippen LogP contribution in [0.5, 0.6) is 0 Å². The number of nitrogens with zero attached hydrogens (tertiary/aromatic N) is 1. The van der Waals surface area contributed by atoms with Crippen molar-refractivity contribution in [3.63, 3.8) is 0 Å². The molecule has 3 heteroatoms. The van der Waals surface area contributed by atoms with E-state index in [1.165, 1.54) is 0 Å². The molecule has 0 amide bonds. The molecule has 68 valence electrons. The molecule has 0 saturated heterocycles. The third-order valence-electron chi connectivity index (χ3n) is 2.20. The molecule has 0 aromatic carbocycles. The molecule has 0 spiro atoms. The van der Waals surface area contributed by atoms with Gasteiger partial charge < -0.3 is 4.98 Å². The molecule has 0 aliphatic heterocycles. The van der Waals surface area contributed by atoms with E-state index in [-0.39, 0.29) is 0 Å². The molecule has 0 aliphatic carbocycles. The van der Waals surface area contributed by atoms with Gasteiger partial charge in [-0.2, -0.15) is 5.26 Å². The van der Waals surface area contributed by atoms with Crippen molar-refractivity contribution in [3.05, 3.63) is 28.0 Å². The predicted molar refractivity (Wildman–Crippen MR) is 55.0 cm³/mol. The van der Waals surface area contributed by atoms with Gasteiger partial charge in [-0.25, -0.2) is 0 Å². The zero-order valence-electron chi connectivity index (χ0n) is 7.79. The van der Waals surface area contributed by atoms with E-state index in [1.54, 1.807) is 6.07 Å². The van der Waals surface area contributed by atoms with Crippen LogP contribution >= 0.6 is 12.2 Å². The largest absolute Gasteiger partial charge is 0.349 e. The van der Waals surface area contributed by atoms with Gasteiger partial charge in [-0.05, 0) is 24.5 Å². The van der Waals surface area contributed by atoms with E-state index >= 15 is 0 Å². The summed E-state index contributed by atoms with van der Waals surface area (Å²) >= 11 is 5.03. The Labute approximate surface area is 83.2 Å². The van der Waals surface area contributed by atoms with Gasteiger partial charge in [0.15, 0.2) is 0 Å². The number of H-pyrrole nitrogens is 1. The highest BCUT2D eigenvalue weighted by molar-refractivity contribution is 7.71. The summed E-state index contributed by atoms with van der Waals surface area (Å²) in [6.07, 6.45) is 1.07. The fraction of sp³-hybridized carbons (Fsp3) is 0.400. The lowest BCUT2D eigenvalue weighted by molar-refractivity contribution is 0.706. The fourth-order valence-corrected chi connectivity index (χ4v) is 1.32. The van der Waals surface area contributed by atoms with Crippen LogP contribution in [0.4, 0.5) is 0 Å². The van der Waals surface area contributed by atoms with E-state index in [1.807, 2.05) is 12.1 Å². The second-order valence-electron chi connectivity index (χ2n) is 3.08. The van der Waals surface area contributed by atoms with Crippen molar-refractivity contribution < 1.29 is 0 Å². The van der Waals surface area contributed by atoms with Crippen molar-refractivity contribution in [2.75, 3.05) is 0 Å². The fourth-order valence-electron chi connectivity index (χ4n) is 1.08. The van der Waals surface area contributed by atoms with Crippen molar-refractivity contribution in [3.8, 4) is 6.07 Å². The monoisotopic (exact) mass is 192 g/mol. The summed E-state index contributed by atoms with van der Waals surface area (Å²) in [6.45, 7) is 4.26. The normalized spacial score (nSPS) is 12.1. The van der Waals surface area contributed by atoms with Crippen molar-refractivity contribution in [1.29, 1.82) is 5.26 Å².